The van der Waals surface area contributed by atoms with Gasteiger partial charge in [-0.05, 0) is 67.4 Å². The van der Waals surface area contributed by atoms with Crippen molar-refractivity contribution in [3.63, 3.8) is 0 Å². The quantitative estimate of drug-likeness (QED) is 0.272. The third kappa shape index (κ3) is 7.74. The Kier molecular flexibility index (Phi) is 9.71. The smallest absolute Gasteiger partial charge is 0.271 e. The van der Waals surface area contributed by atoms with E-state index < -0.39 is 5.91 Å². The molecule has 0 spiro atoms. The van der Waals surface area contributed by atoms with Gasteiger partial charge in [0.25, 0.3) is 11.8 Å². The Hall–Kier alpha value is -4.04. The van der Waals surface area contributed by atoms with Crippen molar-refractivity contribution in [2.24, 2.45) is 5.10 Å². The number of nitrogens with one attached hydrogen (secondary N) is 2. The van der Waals surface area contributed by atoms with Crippen molar-refractivity contribution < 1.29 is 23.8 Å². The number of aryl methyl sites for hydroxylation is 1. The SMILES string of the molecule is CCCOc1ccc(C(=O)N/N=C/c2cc(Cl)ccc2OCC(=O)Nc2cccc(C)c2)cc1OC. The number of nitrogens with zero attached hydrogens (tertiary/aromatic N) is 1. The molecule has 188 valence electrons. The van der Waals surface area contributed by atoms with Gasteiger partial charge in [-0.15, -0.1) is 0 Å². The topological polar surface area (TPSA) is 98.3 Å². The Balaban J connectivity index is 1.63. The van der Waals surface area contributed by atoms with E-state index in [-0.39, 0.29) is 12.5 Å². The van der Waals surface area contributed by atoms with E-state index in [4.69, 9.17) is 25.8 Å². The Morgan fingerprint density at radius 2 is 1.81 bits per heavy atom. The predicted octanol–water partition coefficient (Wildman–Crippen LogP) is 5.23. The molecule has 36 heavy (non-hydrogen) atoms. The van der Waals surface area contributed by atoms with Crippen LogP contribution in [0.5, 0.6) is 17.2 Å². The van der Waals surface area contributed by atoms with Crippen LogP contribution in [0.2, 0.25) is 5.02 Å². The van der Waals surface area contributed by atoms with E-state index in [1.807, 2.05) is 32.0 Å². The van der Waals surface area contributed by atoms with E-state index in [9.17, 15) is 9.59 Å². The maximum absolute atomic E-state index is 12.6. The number of methoxy groups -OCH3 is 1. The molecule has 2 amide bonds. The minimum absolute atomic E-state index is 0.213. The Morgan fingerprint density at radius 3 is 2.56 bits per heavy atom. The molecule has 0 fully saturated rings. The lowest BCUT2D eigenvalue weighted by molar-refractivity contribution is -0.118. The summed E-state index contributed by atoms with van der Waals surface area (Å²) in [6.45, 7) is 4.28. The van der Waals surface area contributed by atoms with E-state index in [0.29, 0.717) is 45.7 Å². The summed E-state index contributed by atoms with van der Waals surface area (Å²) >= 11 is 6.11. The molecule has 0 bridgehead atoms. The molecule has 8 nitrogen and oxygen atoms in total. The highest BCUT2D eigenvalue weighted by Crippen LogP contribution is 2.28. The van der Waals surface area contributed by atoms with Crippen molar-refractivity contribution in [1.82, 2.24) is 5.43 Å². The fourth-order valence-electron chi connectivity index (χ4n) is 3.18. The fraction of sp³-hybridized carbons (Fsp3) is 0.222. The van der Waals surface area contributed by atoms with E-state index >= 15 is 0 Å². The number of ether oxygens (including phenoxy) is 3. The van der Waals surface area contributed by atoms with Gasteiger partial charge in [-0.2, -0.15) is 5.10 Å². The average molecular weight is 510 g/mol. The zero-order chi connectivity index (χ0) is 25.9. The lowest BCUT2D eigenvalue weighted by Crippen LogP contribution is -2.20. The normalized spacial score (nSPS) is 10.7. The summed E-state index contributed by atoms with van der Waals surface area (Å²) < 4.78 is 16.6. The second kappa shape index (κ2) is 13.2. The van der Waals surface area contributed by atoms with Gasteiger partial charge in [0.05, 0.1) is 19.9 Å². The highest BCUT2D eigenvalue weighted by Gasteiger charge is 2.11. The molecule has 3 aromatic carbocycles. The van der Waals surface area contributed by atoms with Crippen LogP contribution in [-0.2, 0) is 4.79 Å². The summed E-state index contributed by atoms with van der Waals surface area (Å²) in [6, 6.07) is 17.2. The molecule has 0 heterocycles. The Labute approximate surface area is 215 Å². The lowest BCUT2D eigenvalue weighted by atomic mass is 10.2. The van der Waals surface area contributed by atoms with E-state index in [0.717, 1.165) is 12.0 Å². The maximum atomic E-state index is 12.6. The Morgan fingerprint density at radius 1 is 1.00 bits per heavy atom. The van der Waals surface area contributed by atoms with Crippen LogP contribution in [0.15, 0.2) is 65.8 Å². The third-order valence-electron chi connectivity index (χ3n) is 4.89. The number of carbonyl (C=O) groups excluding carboxylic acids is 2. The zero-order valence-electron chi connectivity index (χ0n) is 20.3. The predicted molar refractivity (Wildman–Crippen MR) is 141 cm³/mol. The minimum Gasteiger partial charge on any atom is -0.493 e. The molecule has 0 saturated heterocycles. The second-order valence-electron chi connectivity index (χ2n) is 7.80. The largest absolute Gasteiger partial charge is 0.493 e. The molecule has 0 aromatic heterocycles. The fourth-order valence-corrected chi connectivity index (χ4v) is 3.36. The van der Waals surface area contributed by atoms with Gasteiger partial charge in [0.2, 0.25) is 0 Å². The van der Waals surface area contributed by atoms with E-state index in [2.05, 4.69) is 15.8 Å². The van der Waals surface area contributed by atoms with Gasteiger partial charge in [0.1, 0.15) is 5.75 Å². The zero-order valence-corrected chi connectivity index (χ0v) is 21.1. The van der Waals surface area contributed by atoms with Crippen molar-refractivity contribution >= 4 is 35.3 Å². The molecule has 0 unspecified atom stereocenters. The number of hydrazone groups is 1. The summed E-state index contributed by atoms with van der Waals surface area (Å²) in [5, 5.41) is 7.25. The van der Waals surface area contributed by atoms with Crippen LogP contribution in [0.25, 0.3) is 0 Å². The van der Waals surface area contributed by atoms with E-state index in [1.54, 1.807) is 42.5 Å². The van der Waals surface area contributed by atoms with Crippen LogP contribution in [0.1, 0.15) is 34.8 Å². The molecule has 0 aliphatic heterocycles. The van der Waals surface area contributed by atoms with Crippen molar-refractivity contribution in [3.8, 4) is 17.2 Å². The van der Waals surface area contributed by atoms with Crippen LogP contribution in [0.4, 0.5) is 5.69 Å². The van der Waals surface area contributed by atoms with Crippen molar-refractivity contribution in [1.29, 1.82) is 0 Å². The molecule has 2 N–H and O–H groups in total. The number of carbonyl (C=O) groups is 2. The first kappa shape index (κ1) is 26.6. The minimum atomic E-state index is -0.436. The van der Waals surface area contributed by atoms with Crippen molar-refractivity contribution in [2.45, 2.75) is 20.3 Å². The molecule has 0 atom stereocenters. The number of rotatable bonds is 11. The summed E-state index contributed by atoms with van der Waals surface area (Å²) in [4.78, 5) is 24.9. The summed E-state index contributed by atoms with van der Waals surface area (Å²) in [7, 11) is 1.51. The second-order valence-corrected chi connectivity index (χ2v) is 8.24. The highest BCUT2D eigenvalue weighted by atomic mass is 35.5. The molecule has 9 heteroatoms. The van der Waals surface area contributed by atoms with Gasteiger partial charge in [0, 0.05) is 21.8 Å². The molecule has 3 rings (SSSR count). The molecule has 0 saturated carbocycles. The third-order valence-corrected chi connectivity index (χ3v) is 5.12. The summed E-state index contributed by atoms with van der Waals surface area (Å²) in [5.74, 6) is 0.651. The molecule has 0 aliphatic carbocycles. The first-order valence-corrected chi connectivity index (χ1v) is 11.7. The maximum Gasteiger partial charge on any atom is 0.271 e. The van der Waals surface area contributed by atoms with Crippen LogP contribution in [0, 0.1) is 6.92 Å². The van der Waals surface area contributed by atoms with Crippen molar-refractivity contribution in [3.05, 3.63) is 82.4 Å². The number of halogens is 1. The van der Waals surface area contributed by atoms with Gasteiger partial charge in [0.15, 0.2) is 18.1 Å². The molecular formula is C27H28ClN3O5. The summed E-state index contributed by atoms with van der Waals surface area (Å²) in [5.41, 5.74) is 5.03. The van der Waals surface area contributed by atoms with Crippen molar-refractivity contribution in [2.75, 3.05) is 25.6 Å². The van der Waals surface area contributed by atoms with Gasteiger partial charge in [-0.3, -0.25) is 9.59 Å². The van der Waals surface area contributed by atoms with E-state index in [1.165, 1.54) is 13.3 Å². The molecule has 0 radical (unpaired) electrons. The Bertz CT molecular complexity index is 1250. The number of hydrogen-bond donors (Lipinski definition) is 2. The highest BCUT2D eigenvalue weighted by molar-refractivity contribution is 6.30. The van der Waals surface area contributed by atoms with Crippen LogP contribution >= 0.6 is 11.6 Å². The monoisotopic (exact) mass is 509 g/mol. The van der Waals surface area contributed by atoms with Gasteiger partial charge >= 0.3 is 0 Å². The number of benzene rings is 3. The average Bonchev–Trinajstić information content (AvgIpc) is 2.86. The first-order valence-electron chi connectivity index (χ1n) is 11.3. The van der Waals surface area contributed by atoms with Crippen LogP contribution in [0.3, 0.4) is 0 Å². The lowest BCUT2D eigenvalue weighted by Gasteiger charge is -2.11. The number of anilines is 1. The number of hydrogen-bond acceptors (Lipinski definition) is 6. The van der Waals surface area contributed by atoms with Gasteiger partial charge in [-0.1, -0.05) is 30.7 Å². The number of amides is 2. The van der Waals surface area contributed by atoms with Crippen LogP contribution < -0.4 is 25.0 Å². The molecular weight excluding hydrogens is 482 g/mol. The van der Waals surface area contributed by atoms with Gasteiger partial charge in [-0.25, -0.2) is 5.43 Å². The first-order chi connectivity index (χ1) is 17.4. The standard InChI is InChI=1S/C27H28ClN3O5/c1-4-12-35-24-10-8-19(15-25(24)34-3)27(33)31-29-16-20-14-21(28)9-11-23(20)36-17-26(32)30-22-7-5-6-18(2)13-22/h5-11,13-16H,4,12,17H2,1-3H3,(H,30,32)(H,31,33)/b29-16+. The summed E-state index contributed by atoms with van der Waals surface area (Å²) in [6.07, 6.45) is 2.25. The van der Waals surface area contributed by atoms with Crippen LogP contribution in [-0.4, -0.2) is 38.4 Å². The van der Waals surface area contributed by atoms with Gasteiger partial charge < -0.3 is 19.5 Å². The molecule has 0 aliphatic rings. The molecule has 3 aromatic rings.